The fourth-order valence-corrected chi connectivity index (χ4v) is 3.19. The minimum Gasteiger partial charge on any atom is -0.462 e. The summed E-state index contributed by atoms with van der Waals surface area (Å²) in [4.78, 5) is 14.0. The lowest BCUT2D eigenvalue weighted by molar-refractivity contribution is 0.0523. The Morgan fingerprint density at radius 3 is 2.78 bits per heavy atom. The van der Waals surface area contributed by atoms with Gasteiger partial charge in [0.1, 0.15) is 16.5 Å². The van der Waals surface area contributed by atoms with Crippen molar-refractivity contribution < 1.29 is 13.9 Å². The summed E-state index contributed by atoms with van der Waals surface area (Å²) in [6.07, 6.45) is 0. The molecule has 0 radical (unpaired) electrons. The molecule has 1 aromatic carbocycles. The second-order valence-electron chi connectivity index (χ2n) is 5.98. The lowest BCUT2D eigenvalue weighted by Gasteiger charge is -2.23. The van der Waals surface area contributed by atoms with Gasteiger partial charge >= 0.3 is 5.97 Å². The number of hydrogen-bond acceptors (Lipinski definition) is 5. The van der Waals surface area contributed by atoms with Gasteiger partial charge in [0, 0.05) is 22.8 Å². The number of benzene rings is 1. The lowest BCUT2D eigenvalue weighted by atomic mass is 10.1. The summed E-state index contributed by atoms with van der Waals surface area (Å²) in [5.74, 6) is -0.914. The highest BCUT2D eigenvalue weighted by molar-refractivity contribution is 7.71. The number of nitrogens with zero attached hydrogens (tertiary/aromatic N) is 3. The van der Waals surface area contributed by atoms with E-state index in [4.69, 9.17) is 28.6 Å². The van der Waals surface area contributed by atoms with Gasteiger partial charge in [-0.2, -0.15) is 5.26 Å². The maximum Gasteiger partial charge on any atom is 0.339 e. The molecule has 5 nitrogen and oxygen atoms in total. The summed E-state index contributed by atoms with van der Waals surface area (Å²) >= 11 is 11.5. The molecule has 0 aliphatic carbocycles. The maximum atomic E-state index is 14.0. The molecule has 8 heteroatoms. The quantitative estimate of drug-likeness (QED) is 0.522. The monoisotopic (exact) mass is 407 g/mol. The molecule has 0 aliphatic rings. The molecule has 142 valence electrons. The average molecular weight is 408 g/mol. The smallest absolute Gasteiger partial charge is 0.339 e. The summed E-state index contributed by atoms with van der Waals surface area (Å²) in [5, 5.41) is 9.68. The zero-order valence-electron chi connectivity index (χ0n) is 15.3. The van der Waals surface area contributed by atoms with Crippen molar-refractivity contribution in [1.29, 1.82) is 5.26 Å². The van der Waals surface area contributed by atoms with Gasteiger partial charge in [0.05, 0.1) is 24.4 Å². The van der Waals surface area contributed by atoms with Crippen LogP contribution in [0.3, 0.4) is 0 Å². The van der Waals surface area contributed by atoms with E-state index in [-0.39, 0.29) is 30.9 Å². The van der Waals surface area contributed by atoms with Crippen LogP contribution in [0.1, 0.15) is 34.1 Å². The van der Waals surface area contributed by atoms with Crippen molar-refractivity contribution in [2.24, 2.45) is 0 Å². The van der Waals surface area contributed by atoms with Gasteiger partial charge in [-0.15, -0.1) is 0 Å². The highest BCUT2D eigenvalue weighted by Crippen LogP contribution is 2.21. The van der Waals surface area contributed by atoms with Gasteiger partial charge in [0.25, 0.3) is 0 Å². The summed E-state index contributed by atoms with van der Waals surface area (Å²) in [6, 6.07) is 7.97. The summed E-state index contributed by atoms with van der Waals surface area (Å²) in [5.41, 5.74) is 1.42. The molecule has 0 fully saturated rings. The second-order valence-corrected chi connectivity index (χ2v) is 6.77. The van der Waals surface area contributed by atoms with Crippen molar-refractivity contribution in [1.82, 2.24) is 9.47 Å². The van der Waals surface area contributed by atoms with E-state index >= 15 is 0 Å². The predicted molar refractivity (Wildman–Crippen MR) is 104 cm³/mol. The van der Waals surface area contributed by atoms with Crippen LogP contribution < -0.4 is 0 Å². The molecular weight excluding hydrogens is 389 g/mol. The van der Waals surface area contributed by atoms with Crippen LogP contribution in [0, 0.1) is 28.7 Å². The highest BCUT2D eigenvalue weighted by atomic mass is 35.5. The van der Waals surface area contributed by atoms with Gasteiger partial charge in [0.2, 0.25) is 0 Å². The lowest BCUT2D eigenvalue weighted by Crippen LogP contribution is -2.26. The van der Waals surface area contributed by atoms with Crippen LogP contribution in [0.25, 0.3) is 0 Å². The second kappa shape index (κ2) is 9.09. The first-order chi connectivity index (χ1) is 12.8. The Morgan fingerprint density at radius 1 is 1.48 bits per heavy atom. The van der Waals surface area contributed by atoms with Crippen LogP contribution in [-0.4, -0.2) is 29.1 Å². The Labute approximate surface area is 167 Å². The van der Waals surface area contributed by atoms with Crippen molar-refractivity contribution in [3.63, 3.8) is 0 Å². The zero-order chi connectivity index (χ0) is 20.1. The van der Waals surface area contributed by atoms with Crippen LogP contribution >= 0.6 is 23.8 Å². The number of pyridine rings is 1. The molecule has 0 spiro atoms. The number of nitriles is 1. The molecule has 27 heavy (non-hydrogen) atoms. The Bertz CT molecular complexity index is 948. The Balaban J connectivity index is 2.40. The fraction of sp³-hybridized carbons (Fsp3) is 0.316. The molecule has 0 atom stereocenters. The first kappa shape index (κ1) is 21.0. The van der Waals surface area contributed by atoms with E-state index in [2.05, 4.69) is 0 Å². The molecule has 0 saturated carbocycles. The number of halogens is 2. The van der Waals surface area contributed by atoms with Gasteiger partial charge in [-0.1, -0.05) is 29.9 Å². The van der Waals surface area contributed by atoms with Crippen LogP contribution in [0.4, 0.5) is 4.39 Å². The van der Waals surface area contributed by atoms with Gasteiger partial charge in [0.15, 0.2) is 0 Å². The van der Waals surface area contributed by atoms with Crippen molar-refractivity contribution in [2.45, 2.75) is 27.1 Å². The average Bonchev–Trinajstić information content (AvgIpc) is 2.62. The van der Waals surface area contributed by atoms with Gasteiger partial charge in [-0.3, -0.25) is 4.90 Å². The van der Waals surface area contributed by atoms with Crippen LogP contribution in [0.15, 0.2) is 24.3 Å². The van der Waals surface area contributed by atoms with E-state index < -0.39 is 11.8 Å². The number of esters is 1. The number of carbonyl (C=O) groups excluding carboxylic acids is 1. The van der Waals surface area contributed by atoms with E-state index in [1.54, 1.807) is 42.5 Å². The molecule has 0 unspecified atom stereocenters. The Morgan fingerprint density at radius 2 is 2.19 bits per heavy atom. The van der Waals surface area contributed by atoms with Crippen molar-refractivity contribution in [3.8, 4) is 6.07 Å². The van der Waals surface area contributed by atoms with E-state index in [1.807, 2.05) is 6.07 Å². The number of carbonyl (C=O) groups is 1. The van der Waals surface area contributed by atoms with Crippen molar-refractivity contribution >= 4 is 29.8 Å². The summed E-state index contributed by atoms with van der Waals surface area (Å²) in [6.45, 7) is 4.14. The van der Waals surface area contributed by atoms with E-state index in [0.717, 1.165) is 0 Å². The number of rotatable bonds is 6. The van der Waals surface area contributed by atoms with Crippen molar-refractivity contribution in [2.75, 3.05) is 13.7 Å². The zero-order valence-corrected chi connectivity index (χ0v) is 16.8. The normalized spacial score (nSPS) is 10.7. The Kier molecular flexibility index (Phi) is 7.08. The molecule has 0 aliphatic heterocycles. The minimum absolute atomic E-state index is 0.205. The molecule has 1 aromatic heterocycles. The molecule has 0 N–H and O–H groups in total. The van der Waals surface area contributed by atoms with Crippen molar-refractivity contribution in [3.05, 3.63) is 62.1 Å². The Hall–Kier alpha value is -2.27. The molecular formula is C19H19ClFN3O2S. The number of hydrogen-bond donors (Lipinski definition) is 0. The molecule has 0 saturated heterocycles. The molecule has 1 heterocycles. The number of ether oxygens (including phenoxy) is 1. The maximum absolute atomic E-state index is 14.0. The molecule has 0 bridgehead atoms. The van der Waals surface area contributed by atoms with E-state index in [9.17, 15) is 14.4 Å². The molecule has 0 amide bonds. The SMILES string of the molecule is CCOC(=O)c1cc(C#N)c(=S)n(CN(C)Cc2c(F)cccc2Cl)c1C. The standard InChI is InChI=1S/C19H19ClFN3O2S/c1-4-26-19(25)14-8-13(9-22)18(27)24(12(14)2)11-23(3)10-15-16(20)6-5-7-17(15)21/h5-8H,4,10-11H2,1-3H3. The minimum atomic E-state index is -0.518. The third-order valence-corrected chi connectivity index (χ3v) is 4.84. The molecule has 2 rings (SSSR count). The van der Waals surface area contributed by atoms with E-state index in [0.29, 0.717) is 20.9 Å². The number of aromatic nitrogens is 1. The van der Waals surface area contributed by atoms with Gasteiger partial charge in [-0.05, 0) is 39.1 Å². The highest BCUT2D eigenvalue weighted by Gasteiger charge is 2.18. The molecule has 2 aromatic rings. The first-order valence-corrected chi connectivity index (χ1v) is 9.01. The van der Waals surface area contributed by atoms with Crippen LogP contribution in [0.5, 0.6) is 0 Å². The van der Waals surface area contributed by atoms with Gasteiger partial charge in [-0.25, -0.2) is 9.18 Å². The fourth-order valence-electron chi connectivity index (χ4n) is 2.66. The summed E-state index contributed by atoms with van der Waals surface area (Å²) in [7, 11) is 1.77. The largest absolute Gasteiger partial charge is 0.462 e. The third kappa shape index (κ3) is 4.72. The van der Waals surface area contributed by atoms with Gasteiger partial charge < -0.3 is 9.30 Å². The van der Waals surface area contributed by atoms with Crippen LogP contribution in [0.2, 0.25) is 5.02 Å². The third-order valence-electron chi connectivity index (χ3n) is 4.05. The van der Waals surface area contributed by atoms with Crippen LogP contribution in [-0.2, 0) is 18.0 Å². The summed E-state index contributed by atoms with van der Waals surface area (Å²) < 4.78 is 21.1. The topological polar surface area (TPSA) is 58.3 Å². The van der Waals surface area contributed by atoms with E-state index in [1.165, 1.54) is 12.1 Å². The first-order valence-electron chi connectivity index (χ1n) is 8.23. The predicted octanol–water partition coefficient (Wildman–Crippen LogP) is 4.46.